The van der Waals surface area contributed by atoms with E-state index in [2.05, 4.69) is 5.32 Å². The van der Waals surface area contributed by atoms with Gasteiger partial charge in [0.2, 0.25) is 0 Å². The largest absolute Gasteiger partial charge is 0.495 e. The minimum Gasteiger partial charge on any atom is -0.495 e. The molecule has 6 heteroatoms. The SMILES string of the molecule is COc1cc(Nc2cc(Cl)ccc2N)c(OC)cc1Cl. The van der Waals surface area contributed by atoms with Gasteiger partial charge in [0.25, 0.3) is 0 Å². The lowest BCUT2D eigenvalue weighted by atomic mass is 10.2. The number of methoxy groups -OCH3 is 2. The smallest absolute Gasteiger partial charge is 0.144 e. The number of benzene rings is 2. The first kappa shape index (κ1) is 14.6. The van der Waals surface area contributed by atoms with Crippen LogP contribution in [0.2, 0.25) is 10.0 Å². The van der Waals surface area contributed by atoms with E-state index in [0.29, 0.717) is 38.6 Å². The van der Waals surface area contributed by atoms with Crippen LogP contribution in [0.3, 0.4) is 0 Å². The first-order valence-corrected chi connectivity index (χ1v) is 6.54. The zero-order valence-corrected chi connectivity index (χ0v) is 12.5. The lowest BCUT2D eigenvalue weighted by Gasteiger charge is -2.15. The van der Waals surface area contributed by atoms with Crippen molar-refractivity contribution in [3.05, 3.63) is 40.4 Å². The van der Waals surface area contributed by atoms with E-state index in [1.807, 2.05) is 0 Å². The van der Waals surface area contributed by atoms with Crippen LogP contribution >= 0.6 is 23.2 Å². The van der Waals surface area contributed by atoms with Gasteiger partial charge < -0.3 is 20.5 Å². The second-order valence-electron chi connectivity index (χ2n) is 4.04. The van der Waals surface area contributed by atoms with E-state index in [1.165, 1.54) is 0 Å². The zero-order chi connectivity index (χ0) is 14.7. The summed E-state index contributed by atoms with van der Waals surface area (Å²) >= 11 is 12.0. The fourth-order valence-corrected chi connectivity index (χ4v) is 2.14. The molecule has 0 aromatic heterocycles. The minimum atomic E-state index is 0.467. The standard InChI is InChI=1S/C14H14Cl2N2O2/c1-19-13-7-12(14(20-2)6-9(13)16)18-11-5-8(15)3-4-10(11)17/h3-7,18H,17H2,1-2H3. The predicted molar refractivity (Wildman–Crippen MR) is 83.7 cm³/mol. The number of nitrogen functional groups attached to an aromatic ring is 1. The highest BCUT2D eigenvalue weighted by atomic mass is 35.5. The Labute approximate surface area is 127 Å². The number of hydrogen-bond acceptors (Lipinski definition) is 4. The third-order valence-corrected chi connectivity index (χ3v) is 3.29. The molecular weight excluding hydrogens is 299 g/mol. The van der Waals surface area contributed by atoms with Crippen molar-refractivity contribution in [3.63, 3.8) is 0 Å². The number of nitrogens with one attached hydrogen (secondary N) is 1. The molecule has 4 nitrogen and oxygen atoms in total. The summed E-state index contributed by atoms with van der Waals surface area (Å²) in [5.74, 6) is 1.12. The molecule has 0 spiro atoms. The maximum atomic E-state index is 6.06. The van der Waals surface area contributed by atoms with Gasteiger partial charge in [0.05, 0.1) is 36.3 Å². The highest BCUT2D eigenvalue weighted by Crippen LogP contribution is 2.38. The molecule has 20 heavy (non-hydrogen) atoms. The van der Waals surface area contributed by atoms with Crippen molar-refractivity contribution < 1.29 is 9.47 Å². The predicted octanol–water partition coefficient (Wildman–Crippen LogP) is 4.34. The van der Waals surface area contributed by atoms with Crippen molar-refractivity contribution in [3.8, 4) is 11.5 Å². The third kappa shape index (κ3) is 3.03. The van der Waals surface area contributed by atoms with E-state index in [-0.39, 0.29) is 0 Å². The van der Waals surface area contributed by atoms with Crippen LogP contribution in [0.25, 0.3) is 0 Å². The van der Waals surface area contributed by atoms with E-state index in [1.54, 1.807) is 44.6 Å². The fraction of sp³-hybridized carbons (Fsp3) is 0.143. The van der Waals surface area contributed by atoms with Gasteiger partial charge in [0, 0.05) is 17.2 Å². The average Bonchev–Trinajstić information content (AvgIpc) is 2.44. The summed E-state index contributed by atoms with van der Waals surface area (Å²) in [5, 5.41) is 4.21. The first-order chi connectivity index (χ1) is 9.55. The number of hydrogen-bond donors (Lipinski definition) is 2. The quantitative estimate of drug-likeness (QED) is 0.825. The van der Waals surface area contributed by atoms with Gasteiger partial charge in [0.1, 0.15) is 11.5 Å². The molecular formula is C14H14Cl2N2O2. The Morgan fingerprint density at radius 2 is 1.65 bits per heavy atom. The second kappa shape index (κ2) is 6.11. The summed E-state index contributed by atoms with van der Waals surface area (Å²) in [6.45, 7) is 0. The normalized spacial score (nSPS) is 10.2. The number of anilines is 3. The molecule has 106 valence electrons. The van der Waals surface area contributed by atoms with Crippen molar-refractivity contribution in [1.82, 2.24) is 0 Å². The number of ether oxygens (including phenoxy) is 2. The van der Waals surface area contributed by atoms with E-state index in [4.69, 9.17) is 38.4 Å². The Balaban J connectivity index is 2.44. The summed E-state index contributed by atoms with van der Waals surface area (Å²) in [4.78, 5) is 0. The molecule has 0 fully saturated rings. The van der Waals surface area contributed by atoms with Gasteiger partial charge in [-0.1, -0.05) is 23.2 Å². The lowest BCUT2D eigenvalue weighted by Crippen LogP contribution is -1.99. The van der Waals surface area contributed by atoms with Crippen molar-refractivity contribution in [2.45, 2.75) is 0 Å². The van der Waals surface area contributed by atoms with E-state index in [0.717, 1.165) is 0 Å². The molecule has 0 atom stereocenters. The van der Waals surface area contributed by atoms with Crippen LogP contribution in [0.4, 0.5) is 17.1 Å². The molecule has 3 N–H and O–H groups in total. The summed E-state index contributed by atoms with van der Waals surface area (Å²) < 4.78 is 10.5. The molecule has 0 aliphatic rings. The minimum absolute atomic E-state index is 0.467. The van der Waals surface area contributed by atoms with Crippen LogP contribution in [0.15, 0.2) is 30.3 Å². The molecule has 0 heterocycles. The molecule has 0 saturated carbocycles. The molecule has 2 rings (SSSR count). The van der Waals surface area contributed by atoms with Crippen LogP contribution in [0.1, 0.15) is 0 Å². The number of rotatable bonds is 4. The Morgan fingerprint density at radius 3 is 2.30 bits per heavy atom. The summed E-state index contributed by atoms with van der Waals surface area (Å²) in [6, 6.07) is 8.59. The molecule has 0 unspecified atom stereocenters. The molecule has 0 amide bonds. The Bertz CT molecular complexity index is 633. The summed E-state index contributed by atoms with van der Waals surface area (Å²) in [7, 11) is 3.11. The van der Waals surface area contributed by atoms with Gasteiger partial charge in [-0.05, 0) is 18.2 Å². The Kier molecular flexibility index (Phi) is 4.47. The highest BCUT2D eigenvalue weighted by Gasteiger charge is 2.11. The topological polar surface area (TPSA) is 56.5 Å². The van der Waals surface area contributed by atoms with Gasteiger partial charge >= 0.3 is 0 Å². The molecule has 2 aromatic rings. The molecule has 0 radical (unpaired) electrons. The van der Waals surface area contributed by atoms with E-state index >= 15 is 0 Å². The molecule has 0 aliphatic carbocycles. The van der Waals surface area contributed by atoms with Gasteiger partial charge in [-0.15, -0.1) is 0 Å². The van der Waals surface area contributed by atoms with Crippen LogP contribution in [0.5, 0.6) is 11.5 Å². The Morgan fingerprint density at radius 1 is 0.950 bits per heavy atom. The Hall–Kier alpha value is -1.78. The lowest BCUT2D eigenvalue weighted by molar-refractivity contribution is 0.405. The highest BCUT2D eigenvalue weighted by molar-refractivity contribution is 6.32. The van der Waals surface area contributed by atoms with Crippen LogP contribution in [-0.2, 0) is 0 Å². The fourth-order valence-electron chi connectivity index (χ4n) is 1.74. The van der Waals surface area contributed by atoms with E-state index in [9.17, 15) is 0 Å². The number of nitrogens with two attached hydrogens (primary N) is 1. The van der Waals surface area contributed by atoms with Crippen molar-refractivity contribution >= 4 is 40.3 Å². The molecule has 0 bridgehead atoms. The second-order valence-corrected chi connectivity index (χ2v) is 4.89. The molecule has 0 saturated heterocycles. The maximum absolute atomic E-state index is 6.06. The third-order valence-electron chi connectivity index (χ3n) is 2.76. The van der Waals surface area contributed by atoms with Crippen LogP contribution in [-0.4, -0.2) is 14.2 Å². The van der Waals surface area contributed by atoms with Gasteiger partial charge in [-0.25, -0.2) is 0 Å². The average molecular weight is 313 g/mol. The van der Waals surface area contributed by atoms with Gasteiger partial charge in [-0.2, -0.15) is 0 Å². The van der Waals surface area contributed by atoms with Gasteiger partial charge in [-0.3, -0.25) is 0 Å². The molecule has 2 aromatic carbocycles. The molecule has 0 aliphatic heterocycles. The summed E-state index contributed by atoms with van der Waals surface area (Å²) in [5.41, 5.74) is 7.85. The van der Waals surface area contributed by atoms with E-state index < -0.39 is 0 Å². The first-order valence-electron chi connectivity index (χ1n) is 5.78. The summed E-state index contributed by atoms with van der Waals surface area (Å²) in [6.07, 6.45) is 0. The van der Waals surface area contributed by atoms with Gasteiger partial charge in [0.15, 0.2) is 0 Å². The van der Waals surface area contributed by atoms with Crippen molar-refractivity contribution in [2.24, 2.45) is 0 Å². The maximum Gasteiger partial charge on any atom is 0.144 e. The van der Waals surface area contributed by atoms with Crippen LogP contribution in [0, 0.1) is 0 Å². The number of halogens is 2. The van der Waals surface area contributed by atoms with Crippen LogP contribution < -0.4 is 20.5 Å². The van der Waals surface area contributed by atoms with Crippen molar-refractivity contribution in [2.75, 3.05) is 25.3 Å². The monoisotopic (exact) mass is 312 g/mol. The zero-order valence-electron chi connectivity index (χ0n) is 11.0. The van der Waals surface area contributed by atoms with Crippen molar-refractivity contribution in [1.29, 1.82) is 0 Å².